The highest BCUT2D eigenvalue weighted by Crippen LogP contribution is 2.21. The average molecular weight is 380 g/mol. The second-order valence-corrected chi connectivity index (χ2v) is 5.76. The summed E-state index contributed by atoms with van der Waals surface area (Å²) < 4.78 is 26.5. The van der Waals surface area contributed by atoms with Crippen LogP contribution in [0.2, 0.25) is 0 Å². The molecule has 1 aliphatic rings. The first-order chi connectivity index (χ1) is 12.6. The Morgan fingerprint density at radius 2 is 1.38 bits per heavy atom. The minimum atomic E-state index is -1.44. The molecule has 0 saturated carbocycles. The molecule has 0 amide bonds. The van der Waals surface area contributed by atoms with E-state index in [1.54, 1.807) is 0 Å². The van der Waals surface area contributed by atoms with E-state index < -0.39 is 37.3 Å². The second kappa shape index (κ2) is 14.4. The predicted molar refractivity (Wildman–Crippen MR) is 91.6 cm³/mol. The van der Waals surface area contributed by atoms with Gasteiger partial charge in [-0.15, -0.1) is 0 Å². The maximum Gasteiger partial charge on any atom is 0.186 e. The Morgan fingerprint density at radius 1 is 0.808 bits per heavy atom. The van der Waals surface area contributed by atoms with Crippen molar-refractivity contribution in [2.24, 2.45) is 0 Å². The Kier molecular flexibility index (Phi) is 13.0. The SMILES string of the molecule is C/C=C/CCOCCOCCOCCOC1OC(CO)C(O)C(O)C1O. The van der Waals surface area contributed by atoms with Crippen molar-refractivity contribution in [3.63, 3.8) is 0 Å². The van der Waals surface area contributed by atoms with Gasteiger partial charge in [-0.3, -0.25) is 0 Å². The number of allylic oxidation sites excluding steroid dienone is 1. The van der Waals surface area contributed by atoms with E-state index in [1.807, 2.05) is 19.1 Å². The van der Waals surface area contributed by atoms with Crippen LogP contribution in [-0.2, 0) is 23.7 Å². The Labute approximate surface area is 154 Å². The molecule has 0 radical (unpaired) electrons. The summed E-state index contributed by atoms with van der Waals surface area (Å²) in [7, 11) is 0. The third-order valence-electron chi connectivity index (χ3n) is 3.77. The standard InChI is InChI=1S/C17H32O9/c1-2-3-4-5-22-6-7-23-8-9-24-10-11-25-17-16(21)15(20)14(19)13(12-18)26-17/h2-3,13-21H,4-12H2,1H3/b3-2+. The number of hydrogen-bond donors (Lipinski definition) is 4. The molecule has 1 aliphatic heterocycles. The fourth-order valence-corrected chi connectivity index (χ4v) is 2.29. The molecule has 5 atom stereocenters. The molecule has 0 aromatic carbocycles. The van der Waals surface area contributed by atoms with Gasteiger partial charge in [0.1, 0.15) is 24.4 Å². The molecule has 0 bridgehead atoms. The molecule has 1 heterocycles. The topological polar surface area (TPSA) is 127 Å². The van der Waals surface area contributed by atoms with Crippen LogP contribution in [0.15, 0.2) is 12.2 Å². The average Bonchev–Trinajstić information content (AvgIpc) is 2.65. The lowest BCUT2D eigenvalue weighted by Crippen LogP contribution is -2.59. The number of ether oxygens (including phenoxy) is 5. The molecule has 0 aromatic rings. The lowest BCUT2D eigenvalue weighted by molar-refractivity contribution is -0.302. The van der Waals surface area contributed by atoms with Crippen LogP contribution in [0.25, 0.3) is 0 Å². The third kappa shape index (κ3) is 8.85. The highest BCUT2D eigenvalue weighted by Gasteiger charge is 2.43. The number of aliphatic hydroxyl groups is 4. The van der Waals surface area contributed by atoms with Crippen LogP contribution in [0.4, 0.5) is 0 Å². The summed E-state index contributed by atoms with van der Waals surface area (Å²) in [6.45, 7) is 4.39. The third-order valence-corrected chi connectivity index (χ3v) is 3.77. The van der Waals surface area contributed by atoms with Crippen LogP contribution >= 0.6 is 0 Å². The number of hydrogen-bond acceptors (Lipinski definition) is 9. The van der Waals surface area contributed by atoms with Gasteiger partial charge in [0.15, 0.2) is 6.29 Å². The summed E-state index contributed by atoms with van der Waals surface area (Å²) in [6.07, 6.45) is -1.43. The van der Waals surface area contributed by atoms with Crippen molar-refractivity contribution in [2.75, 3.05) is 52.9 Å². The minimum absolute atomic E-state index is 0.122. The maximum absolute atomic E-state index is 9.79. The molecule has 9 heteroatoms. The smallest absolute Gasteiger partial charge is 0.186 e. The summed E-state index contributed by atoms with van der Waals surface area (Å²) in [5.74, 6) is 0. The van der Waals surface area contributed by atoms with Crippen LogP contribution in [0.3, 0.4) is 0 Å². The second-order valence-electron chi connectivity index (χ2n) is 5.76. The van der Waals surface area contributed by atoms with Crippen molar-refractivity contribution in [1.82, 2.24) is 0 Å². The zero-order chi connectivity index (χ0) is 19.2. The van der Waals surface area contributed by atoms with E-state index >= 15 is 0 Å². The highest BCUT2D eigenvalue weighted by molar-refractivity contribution is 4.88. The molecule has 9 nitrogen and oxygen atoms in total. The van der Waals surface area contributed by atoms with Crippen LogP contribution in [0.5, 0.6) is 0 Å². The van der Waals surface area contributed by atoms with E-state index in [9.17, 15) is 15.3 Å². The van der Waals surface area contributed by atoms with E-state index in [2.05, 4.69) is 0 Å². The summed E-state index contributed by atoms with van der Waals surface area (Å²) in [5.41, 5.74) is 0. The van der Waals surface area contributed by atoms with Crippen LogP contribution in [0, 0.1) is 0 Å². The van der Waals surface area contributed by atoms with Gasteiger partial charge in [0.25, 0.3) is 0 Å². The zero-order valence-corrected chi connectivity index (χ0v) is 15.2. The van der Waals surface area contributed by atoms with Crippen molar-refractivity contribution in [2.45, 2.75) is 44.1 Å². The van der Waals surface area contributed by atoms with Gasteiger partial charge in [0.05, 0.1) is 52.9 Å². The lowest BCUT2D eigenvalue weighted by Gasteiger charge is -2.39. The van der Waals surface area contributed by atoms with Gasteiger partial charge >= 0.3 is 0 Å². The van der Waals surface area contributed by atoms with Crippen molar-refractivity contribution < 1.29 is 44.1 Å². The van der Waals surface area contributed by atoms with Crippen molar-refractivity contribution in [3.05, 3.63) is 12.2 Å². The molecular weight excluding hydrogens is 348 g/mol. The Bertz CT molecular complexity index is 364. The Morgan fingerprint density at radius 3 is 1.96 bits per heavy atom. The molecule has 1 saturated heterocycles. The van der Waals surface area contributed by atoms with E-state index in [0.29, 0.717) is 33.0 Å². The first-order valence-corrected chi connectivity index (χ1v) is 8.88. The Balaban J connectivity index is 1.97. The fraction of sp³-hybridized carbons (Fsp3) is 0.882. The molecule has 5 unspecified atom stereocenters. The maximum atomic E-state index is 9.79. The lowest BCUT2D eigenvalue weighted by atomic mass is 9.99. The van der Waals surface area contributed by atoms with Gasteiger partial charge in [-0.05, 0) is 13.3 Å². The normalized spacial score (nSPS) is 29.5. The summed E-state index contributed by atoms with van der Waals surface area (Å²) in [4.78, 5) is 0. The van der Waals surface area contributed by atoms with Crippen LogP contribution in [-0.4, -0.2) is 104 Å². The van der Waals surface area contributed by atoms with Crippen LogP contribution < -0.4 is 0 Å². The molecule has 0 aromatic heterocycles. The molecular formula is C17H32O9. The summed E-state index contributed by atoms with van der Waals surface area (Å²) in [6, 6.07) is 0. The van der Waals surface area contributed by atoms with Crippen molar-refractivity contribution in [1.29, 1.82) is 0 Å². The predicted octanol–water partition coefficient (Wildman–Crippen LogP) is -1.18. The van der Waals surface area contributed by atoms with Gasteiger partial charge in [-0.1, -0.05) is 12.2 Å². The van der Waals surface area contributed by atoms with E-state index in [4.69, 9.17) is 28.8 Å². The largest absolute Gasteiger partial charge is 0.394 e. The molecule has 154 valence electrons. The molecule has 1 rings (SSSR count). The van der Waals surface area contributed by atoms with Crippen molar-refractivity contribution >= 4 is 0 Å². The monoisotopic (exact) mass is 380 g/mol. The molecule has 0 aliphatic carbocycles. The fourth-order valence-electron chi connectivity index (χ4n) is 2.29. The Hall–Kier alpha value is -0.620. The summed E-state index contributed by atoms with van der Waals surface area (Å²) in [5, 5.41) is 38.2. The van der Waals surface area contributed by atoms with Crippen molar-refractivity contribution in [3.8, 4) is 0 Å². The minimum Gasteiger partial charge on any atom is -0.394 e. The van der Waals surface area contributed by atoms with Gasteiger partial charge < -0.3 is 44.1 Å². The zero-order valence-electron chi connectivity index (χ0n) is 15.2. The number of rotatable bonds is 14. The molecule has 1 fully saturated rings. The summed E-state index contributed by atoms with van der Waals surface area (Å²) >= 11 is 0. The van der Waals surface area contributed by atoms with Gasteiger partial charge in [-0.2, -0.15) is 0 Å². The molecule has 4 N–H and O–H groups in total. The van der Waals surface area contributed by atoms with Gasteiger partial charge in [0, 0.05) is 0 Å². The first-order valence-electron chi connectivity index (χ1n) is 8.88. The quantitative estimate of drug-likeness (QED) is 0.217. The van der Waals surface area contributed by atoms with E-state index in [1.165, 1.54) is 0 Å². The first kappa shape index (κ1) is 23.4. The van der Waals surface area contributed by atoms with Gasteiger partial charge in [-0.25, -0.2) is 0 Å². The number of aliphatic hydroxyl groups excluding tert-OH is 4. The van der Waals surface area contributed by atoms with Crippen LogP contribution in [0.1, 0.15) is 13.3 Å². The van der Waals surface area contributed by atoms with E-state index in [-0.39, 0.29) is 13.2 Å². The van der Waals surface area contributed by atoms with E-state index in [0.717, 1.165) is 6.42 Å². The molecule has 0 spiro atoms. The molecule has 26 heavy (non-hydrogen) atoms. The van der Waals surface area contributed by atoms with Gasteiger partial charge in [0.2, 0.25) is 0 Å². The highest BCUT2D eigenvalue weighted by atomic mass is 16.7.